The maximum atomic E-state index is 12.8. The van der Waals surface area contributed by atoms with Gasteiger partial charge in [-0.05, 0) is 37.1 Å². The zero-order valence-electron chi connectivity index (χ0n) is 13.0. The molecule has 0 saturated carbocycles. The first kappa shape index (κ1) is 15.2. The summed E-state index contributed by atoms with van der Waals surface area (Å²) in [5.74, 6) is 0.834. The van der Waals surface area contributed by atoms with Crippen LogP contribution in [-0.4, -0.2) is 45.4 Å². The van der Waals surface area contributed by atoms with E-state index in [2.05, 4.69) is 15.2 Å². The van der Waals surface area contributed by atoms with Gasteiger partial charge in [0.05, 0.1) is 0 Å². The van der Waals surface area contributed by atoms with E-state index < -0.39 is 10.0 Å². The van der Waals surface area contributed by atoms with Crippen LogP contribution in [0.15, 0.2) is 53.8 Å². The lowest BCUT2D eigenvalue weighted by molar-refractivity contribution is 0.307. The Balaban J connectivity index is 1.65. The highest BCUT2D eigenvalue weighted by molar-refractivity contribution is 7.89. The molecule has 0 radical (unpaired) electrons. The molecule has 0 spiro atoms. The minimum atomic E-state index is -3.57. The number of fused-ring (bicyclic) bond motifs is 1. The number of nitrogens with zero attached hydrogens (tertiary/aromatic N) is 5. The quantitative estimate of drug-likeness (QED) is 0.723. The molecule has 3 aromatic heterocycles. The predicted octanol–water partition coefficient (Wildman–Crippen LogP) is 1.69. The summed E-state index contributed by atoms with van der Waals surface area (Å²) in [6, 6.07) is 10.7. The van der Waals surface area contributed by atoms with Crippen LogP contribution in [0.3, 0.4) is 0 Å². The Hall–Kier alpha value is -2.32. The largest absolute Gasteiger partial charge is 0.286 e. The highest BCUT2D eigenvalue weighted by atomic mass is 32.2. The summed E-state index contributed by atoms with van der Waals surface area (Å²) in [5.41, 5.74) is 0.775. The van der Waals surface area contributed by atoms with Crippen molar-refractivity contribution in [1.82, 2.24) is 23.9 Å². The number of piperidine rings is 1. The Morgan fingerprint density at radius 2 is 1.96 bits per heavy atom. The molecule has 1 aliphatic heterocycles. The summed E-state index contributed by atoms with van der Waals surface area (Å²) in [6.45, 7) is 0.904. The highest BCUT2D eigenvalue weighted by Crippen LogP contribution is 2.29. The van der Waals surface area contributed by atoms with Gasteiger partial charge in [-0.1, -0.05) is 12.1 Å². The first-order chi connectivity index (χ1) is 11.7. The van der Waals surface area contributed by atoms with Crippen LogP contribution in [0.2, 0.25) is 0 Å². The molecule has 0 N–H and O–H groups in total. The maximum absolute atomic E-state index is 12.8. The molecular formula is C16H17N5O2S. The third kappa shape index (κ3) is 2.57. The molecule has 4 heterocycles. The SMILES string of the molecule is O=S(=O)(c1ccccn1)N1CCCC(c2nnc3ccccn23)C1. The fourth-order valence-corrected chi connectivity index (χ4v) is 4.60. The van der Waals surface area contributed by atoms with Crippen molar-refractivity contribution < 1.29 is 8.42 Å². The van der Waals surface area contributed by atoms with Crippen LogP contribution in [0.1, 0.15) is 24.6 Å². The van der Waals surface area contributed by atoms with Gasteiger partial charge in [0, 0.05) is 31.4 Å². The van der Waals surface area contributed by atoms with E-state index in [1.165, 1.54) is 16.6 Å². The summed E-state index contributed by atoms with van der Waals surface area (Å²) in [6.07, 6.45) is 5.10. The van der Waals surface area contributed by atoms with Gasteiger partial charge in [-0.2, -0.15) is 4.31 Å². The Morgan fingerprint density at radius 3 is 2.79 bits per heavy atom. The maximum Gasteiger partial charge on any atom is 0.260 e. The summed E-state index contributed by atoms with van der Waals surface area (Å²) in [7, 11) is -3.57. The van der Waals surface area contributed by atoms with E-state index in [9.17, 15) is 8.42 Å². The molecule has 1 atom stereocenters. The molecule has 3 aromatic rings. The van der Waals surface area contributed by atoms with E-state index >= 15 is 0 Å². The molecule has 4 rings (SSSR count). The van der Waals surface area contributed by atoms with Gasteiger partial charge >= 0.3 is 0 Å². The molecule has 24 heavy (non-hydrogen) atoms. The second kappa shape index (κ2) is 5.95. The lowest BCUT2D eigenvalue weighted by atomic mass is 9.99. The Labute approximate surface area is 140 Å². The van der Waals surface area contributed by atoms with Gasteiger partial charge in [0.1, 0.15) is 5.82 Å². The smallest absolute Gasteiger partial charge is 0.260 e. The van der Waals surface area contributed by atoms with E-state index in [1.807, 2.05) is 28.8 Å². The second-order valence-corrected chi connectivity index (χ2v) is 7.74. The molecular weight excluding hydrogens is 326 g/mol. The fraction of sp³-hybridized carbons (Fsp3) is 0.312. The lowest BCUT2D eigenvalue weighted by Crippen LogP contribution is -2.39. The topological polar surface area (TPSA) is 80.5 Å². The molecule has 8 heteroatoms. The van der Waals surface area contributed by atoms with E-state index in [1.54, 1.807) is 12.1 Å². The molecule has 0 aromatic carbocycles. The van der Waals surface area contributed by atoms with Crippen LogP contribution in [0, 0.1) is 0 Å². The fourth-order valence-electron chi connectivity index (χ4n) is 3.14. The van der Waals surface area contributed by atoms with E-state index in [4.69, 9.17) is 0 Å². The third-order valence-corrected chi connectivity index (χ3v) is 6.11. The van der Waals surface area contributed by atoms with Crippen LogP contribution >= 0.6 is 0 Å². The highest BCUT2D eigenvalue weighted by Gasteiger charge is 2.33. The molecule has 0 bridgehead atoms. The van der Waals surface area contributed by atoms with Crippen molar-refractivity contribution in [2.75, 3.05) is 13.1 Å². The second-order valence-electron chi connectivity index (χ2n) is 5.86. The standard InChI is InChI=1S/C16H17N5O2S/c22-24(23,15-8-1-3-9-17-15)20-10-5-6-13(12-20)16-19-18-14-7-2-4-11-21(14)16/h1-4,7-9,11,13H,5-6,10,12H2. The third-order valence-electron chi connectivity index (χ3n) is 4.33. The molecule has 124 valence electrons. The predicted molar refractivity (Wildman–Crippen MR) is 88.0 cm³/mol. The van der Waals surface area contributed by atoms with Crippen molar-refractivity contribution in [3.63, 3.8) is 0 Å². The number of aromatic nitrogens is 4. The Morgan fingerprint density at radius 1 is 1.08 bits per heavy atom. The first-order valence-corrected chi connectivity index (χ1v) is 9.31. The first-order valence-electron chi connectivity index (χ1n) is 7.87. The monoisotopic (exact) mass is 343 g/mol. The summed E-state index contributed by atoms with van der Waals surface area (Å²) >= 11 is 0. The van der Waals surface area contributed by atoms with Gasteiger partial charge in [0.2, 0.25) is 0 Å². The summed E-state index contributed by atoms with van der Waals surface area (Å²) in [4.78, 5) is 4.00. The number of hydrogen-bond donors (Lipinski definition) is 0. The van der Waals surface area contributed by atoms with E-state index in [0.29, 0.717) is 13.1 Å². The van der Waals surface area contributed by atoms with Crippen LogP contribution in [0.25, 0.3) is 5.65 Å². The normalized spacial score (nSPS) is 19.6. The molecule has 1 fully saturated rings. The van der Waals surface area contributed by atoms with E-state index in [-0.39, 0.29) is 10.9 Å². The van der Waals surface area contributed by atoms with Crippen LogP contribution < -0.4 is 0 Å². The Kier molecular flexibility index (Phi) is 3.78. The minimum absolute atomic E-state index is 0.0228. The van der Waals surface area contributed by atoms with Gasteiger partial charge in [0.25, 0.3) is 10.0 Å². The van der Waals surface area contributed by atoms with Crippen molar-refractivity contribution in [2.45, 2.75) is 23.8 Å². The van der Waals surface area contributed by atoms with Crippen molar-refractivity contribution >= 4 is 15.7 Å². The minimum Gasteiger partial charge on any atom is -0.286 e. The summed E-state index contributed by atoms with van der Waals surface area (Å²) < 4.78 is 29.0. The molecule has 1 saturated heterocycles. The number of pyridine rings is 2. The van der Waals surface area contributed by atoms with Crippen molar-refractivity contribution in [3.8, 4) is 0 Å². The molecule has 1 aliphatic rings. The Bertz CT molecular complexity index is 955. The van der Waals surface area contributed by atoms with Crippen molar-refractivity contribution in [3.05, 3.63) is 54.6 Å². The van der Waals surface area contributed by atoms with Gasteiger partial charge in [-0.3, -0.25) is 4.40 Å². The number of rotatable bonds is 3. The average molecular weight is 343 g/mol. The van der Waals surface area contributed by atoms with Gasteiger partial charge in [-0.25, -0.2) is 13.4 Å². The molecule has 7 nitrogen and oxygen atoms in total. The van der Waals surface area contributed by atoms with Crippen LogP contribution in [-0.2, 0) is 10.0 Å². The van der Waals surface area contributed by atoms with Gasteiger partial charge < -0.3 is 0 Å². The molecule has 1 unspecified atom stereocenters. The number of sulfonamides is 1. The summed E-state index contributed by atoms with van der Waals surface area (Å²) in [5, 5.41) is 8.55. The van der Waals surface area contributed by atoms with E-state index in [0.717, 1.165) is 24.3 Å². The molecule has 0 aliphatic carbocycles. The lowest BCUT2D eigenvalue weighted by Gasteiger charge is -2.30. The average Bonchev–Trinajstić information content (AvgIpc) is 3.07. The van der Waals surface area contributed by atoms with Crippen LogP contribution in [0.5, 0.6) is 0 Å². The van der Waals surface area contributed by atoms with Gasteiger partial charge in [-0.15, -0.1) is 10.2 Å². The zero-order valence-corrected chi connectivity index (χ0v) is 13.8. The number of hydrogen-bond acceptors (Lipinski definition) is 5. The van der Waals surface area contributed by atoms with Crippen LogP contribution in [0.4, 0.5) is 0 Å². The van der Waals surface area contributed by atoms with Gasteiger partial charge in [0.15, 0.2) is 10.7 Å². The van der Waals surface area contributed by atoms with Crippen molar-refractivity contribution in [2.24, 2.45) is 0 Å². The zero-order chi connectivity index (χ0) is 16.6. The van der Waals surface area contributed by atoms with Crippen molar-refractivity contribution in [1.29, 1.82) is 0 Å². The molecule has 0 amide bonds.